The SMILES string of the molecule is Cc1cc(C(=O)N2C[C@@H]3[C@H](CNC(=O)C4CC=CC4)[C@H]4CC[C@]3(C2)O4)c(C)o1. The number of ether oxygens (including phenoxy) is 1. The van der Waals surface area contributed by atoms with Gasteiger partial charge in [-0.25, -0.2) is 0 Å². The third kappa shape index (κ3) is 2.72. The highest BCUT2D eigenvalue weighted by Gasteiger charge is 2.63. The molecular formula is C22H28N2O4. The Balaban J connectivity index is 1.27. The maximum atomic E-state index is 13.1. The van der Waals surface area contributed by atoms with Crippen molar-refractivity contribution in [2.75, 3.05) is 19.6 Å². The Labute approximate surface area is 165 Å². The number of fused-ring (bicyclic) bond motifs is 1. The van der Waals surface area contributed by atoms with E-state index in [0.29, 0.717) is 36.9 Å². The van der Waals surface area contributed by atoms with Crippen molar-refractivity contribution in [2.45, 2.75) is 51.2 Å². The van der Waals surface area contributed by atoms with E-state index in [2.05, 4.69) is 17.5 Å². The normalized spacial score (nSPS) is 33.6. The van der Waals surface area contributed by atoms with Crippen molar-refractivity contribution in [2.24, 2.45) is 17.8 Å². The maximum absolute atomic E-state index is 13.1. The zero-order chi connectivity index (χ0) is 19.5. The fourth-order valence-electron chi connectivity index (χ4n) is 5.83. The van der Waals surface area contributed by atoms with Crippen LogP contribution in [0.3, 0.4) is 0 Å². The first-order chi connectivity index (χ1) is 13.5. The topological polar surface area (TPSA) is 71.8 Å². The minimum absolute atomic E-state index is 0.0324. The summed E-state index contributed by atoms with van der Waals surface area (Å²) < 4.78 is 12.0. The number of aryl methyl sites for hydroxylation is 2. The summed E-state index contributed by atoms with van der Waals surface area (Å²) >= 11 is 0. The number of furan rings is 1. The number of carbonyl (C=O) groups is 2. The van der Waals surface area contributed by atoms with Crippen LogP contribution in [0.5, 0.6) is 0 Å². The molecule has 0 saturated carbocycles. The van der Waals surface area contributed by atoms with Gasteiger partial charge in [-0.3, -0.25) is 9.59 Å². The highest BCUT2D eigenvalue weighted by atomic mass is 16.5. The van der Waals surface area contributed by atoms with Crippen molar-refractivity contribution in [3.8, 4) is 0 Å². The third-order valence-corrected chi connectivity index (χ3v) is 7.23. The number of likely N-dealkylation sites (tertiary alicyclic amines) is 1. The van der Waals surface area contributed by atoms with Gasteiger partial charge in [-0.05, 0) is 45.6 Å². The van der Waals surface area contributed by atoms with Crippen LogP contribution in [-0.4, -0.2) is 48.1 Å². The molecule has 1 aliphatic carbocycles. The molecule has 5 rings (SSSR count). The van der Waals surface area contributed by atoms with Gasteiger partial charge in [0.2, 0.25) is 5.91 Å². The third-order valence-electron chi connectivity index (χ3n) is 7.23. The molecular weight excluding hydrogens is 356 g/mol. The number of nitrogens with zero attached hydrogens (tertiary/aromatic N) is 1. The summed E-state index contributed by atoms with van der Waals surface area (Å²) in [5.41, 5.74) is 0.430. The number of hydrogen-bond acceptors (Lipinski definition) is 4. The molecule has 1 aromatic heterocycles. The van der Waals surface area contributed by atoms with Gasteiger partial charge in [0.15, 0.2) is 0 Å². The van der Waals surface area contributed by atoms with E-state index in [9.17, 15) is 9.59 Å². The predicted molar refractivity (Wildman–Crippen MR) is 103 cm³/mol. The van der Waals surface area contributed by atoms with Crippen molar-refractivity contribution in [3.05, 3.63) is 35.3 Å². The van der Waals surface area contributed by atoms with Gasteiger partial charge in [0.25, 0.3) is 5.91 Å². The molecule has 6 heteroatoms. The second-order valence-electron chi connectivity index (χ2n) is 8.93. The van der Waals surface area contributed by atoms with Crippen molar-refractivity contribution in [3.63, 3.8) is 0 Å². The maximum Gasteiger partial charge on any atom is 0.257 e. The largest absolute Gasteiger partial charge is 0.466 e. The summed E-state index contributed by atoms with van der Waals surface area (Å²) in [7, 11) is 0. The summed E-state index contributed by atoms with van der Waals surface area (Å²) in [4.78, 5) is 27.4. The second-order valence-corrected chi connectivity index (χ2v) is 8.93. The summed E-state index contributed by atoms with van der Waals surface area (Å²) in [5.74, 6) is 2.29. The molecule has 2 bridgehead atoms. The summed E-state index contributed by atoms with van der Waals surface area (Å²) in [6, 6.07) is 1.83. The van der Waals surface area contributed by atoms with E-state index in [1.54, 1.807) is 0 Å². The fourth-order valence-corrected chi connectivity index (χ4v) is 5.83. The lowest BCUT2D eigenvalue weighted by Crippen LogP contribution is -2.43. The lowest BCUT2D eigenvalue weighted by Gasteiger charge is -2.29. The molecule has 0 radical (unpaired) electrons. The molecule has 1 spiro atoms. The van der Waals surface area contributed by atoms with Crippen LogP contribution in [0.15, 0.2) is 22.6 Å². The Kier molecular flexibility index (Phi) is 4.16. The van der Waals surface area contributed by atoms with Crippen molar-refractivity contribution < 1.29 is 18.7 Å². The number of hydrogen-bond donors (Lipinski definition) is 1. The van der Waals surface area contributed by atoms with E-state index in [1.165, 1.54) is 0 Å². The van der Waals surface area contributed by atoms with Crippen LogP contribution < -0.4 is 5.32 Å². The standard InChI is InChI=1S/C22H28N2O4/c1-13-9-16(14(2)27-13)21(26)24-11-18-17(19-7-8-22(18,12-24)28-19)10-23-20(25)15-5-3-4-6-15/h3-4,9,15,17-19H,5-8,10-12H2,1-2H3,(H,23,25)/t17-,18+,19+,22+/m0/s1. The molecule has 28 heavy (non-hydrogen) atoms. The Morgan fingerprint density at radius 1 is 1.29 bits per heavy atom. The Hall–Kier alpha value is -2.08. The molecule has 3 aliphatic heterocycles. The van der Waals surface area contributed by atoms with Gasteiger partial charge < -0.3 is 19.4 Å². The zero-order valence-electron chi connectivity index (χ0n) is 16.6. The van der Waals surface area contributed by atoms with Crippen LogP contribution >= 0.6 is 0 Å². The second kappa shape index (κ2) is 6.48. The van der Waals surface area contributed by atoms with E-state index >= 15 is 0 Å². The van der Waals surface area contributed by atoms with Crippen molar-refractivity contribution in [1.82, 2.24) is 10.2 Å². The Morgan fingerprint density at radius 3 is 2.79 bits per heavy atom. The van der Waals surface area contributed by atoms with Gasteiger partial charge in [-0.1, -0.05) is 12.2 Å². The average molecular weight is 384 g/mol. The lowest BCUT2D eigenvalue weighted by atomic mass is 9.73. The van der Waals surface area contributed by atoms with Crippen molar-refractivity contribution >= 4 is 11.8 Å². The molecule has 4 aliphatic rings. The molecule has 3 saturated heterocycles. The smallest absolute Gasteiger partial charge is 0.257 e. The van der Waals surface area contributed by atoms with E-state index in [0.717, 1.165) is 31.4 Å². The highest BCUT2D eigenvalue weighted by Crippen LogP contribution is 2.54. The van der Waals surface area contributed by atoms with Crippen LogP contribution in [0.2, 0.25) is 0 Å². The van der Waals surface area contributed by atoms with Gasteiger partial charge in [-0.15, -0.1) is 0 Å². The Morgan fingerprint density at radius 2 is 2.07 bits per heavy atom. The first kappa shape index (κ1) is 18.0. The molecule has 3 fully saturated rings. The van der Waals surface area contributed by atoms with Gasteiger partial charge >= 0.3 is 0 Å². The number of allylic oxidation sites excluding steroid dienone is 2. The predicted octanol–water partition coefficient (Wildman–Crippen LogP) is 2.60. The number of rotatable bonds is 4. The number of nitrogens with one attached hydrogen (secondary N) is 1. The number of amides is 2. The van der Waals surface area contributed by atoms with Gasteiger partial charge in [0.1, 0.15) is 11.5 Å². The molecule has 4 atom stereocenters. The van der Waals surface area contributed by atoms with E-state index in [4.69, 9.17) is 9.15 Å². The van der Waals surface area contributed by atoms with Crippen LogP contribution in [-0.2, 0) is 9.53 Å². The molecule has 1 N–H and O–H groups in total. The monoisotopic (exact) mass is 384 g/mol. The van der Waals surface area contributed by atoms with Gasteiger partial charge in [0.05, 0.1) is 23.8 Å². The molecule has 150 valence electrons. The van der Waals surface area contributed by atoms with Gasteiger partial charge in [0, 0.05) is 30.8 Å². The molecule has 2 amide bonds. The quantitative estimate of drug-likeness (QED) is 0.810. The zero-order valence-corrected chi connectivity index (χ0v) is 16.6. The Bertz CT molecular complexity index is 836. The van der Waals surface area contributed by atoms with Crippen molar-refractivity contribution in [1.29, 1.82) is 0 Å². The highest BCUT2D eigenvalue weighted by molar-refractivity contribution is 5.95. The summed E-state index contributed by atoms with van der Waals surface area (Å²) in [6.07, 6.45) is 8.09. The molecule has 0 unspecified atom stereocenters. The molecule has 4 heterocycles. The molecule has 0 aromatic carbocycles. The van der Waals surface area contributed by atoms with E-state index < -0.39 is 0 Å². The summed E-state index contributed by atoms with van der Waals surface area (Å²) in [6.45, 7) is 5.70. The molecule has 6 nitrogen and oxygen atoms in total. The lowest BCUT2D eigenvalue weighted by molar-refractivity contribution is -0.125. The van der Waals surface area contributed by atoms with E-state index in [1.807, 2.05) is 24.8 Å². The van der Waals surface area contributed by atoms with Gasteiger partial charge in [-0.2, -0.15) is 0 Å². The van der Waals surface area contributed by atoms with Crippen LogP contribution in [0, 0.1) is 31.6 Å². The van der Waals surface area contributed by atoms with E-state index in [-0.39, 0.29) is 35.4 Å². The fraction of sp³-hybridized carbons (Fsp3) is 0.636. The van der Waals surface area contributed by atoms with Crippen LogP contribution in [0.4, 0.5) is 0 Å². The first-order valence-electron chi connectivity index (χ1n) is 10.4. The summed E-state index contributed by atoms with van der Waals surface area (Å²) in [5, 5.41) is 3.17. The van der Waals surface area contributed by atoms with Crippen LogP contribution in [0.25, 0.3) is 0 Å². The molecule has 1 aromatic rings. The first-order valence-corrected chi connectivity index (χ1v) is 10.4. The minimum atomic E-state index is -0.225. The average Bonchev–Trinajstić information content (AvgIpc) is 3.45. The minimum Gasteiger partial charge on any atom is -0.466 e. The number of carbonyl (C=O) groups excluding carboxylic acids is 2. The van der Waals surface area contributed by atoms with Crippen LogP contribution in [0.1, 0.15) is 47.6 Å².